The van der Waals surface area contributed by atoms with E-state index in [4.69, 9.17) is 48.5 Å². The molecule has 164 valence electrons. The number of hydrogen-bond donors (Lipinski definition) is 4. The Morgan fingerprint density at radius 2 is 1.14 bits per heavy atom. The SMILES string of the molecule is CN1C(=O)C(S)(C2CCC(Cl)CN2)N(C)C(=O)C1(S)C1CCC(Cl)CN1.Cl.Cl. The maximum absolute atomic E-state index is 13.4. The molecule has 3 fully saturated rings. The topological polar surface area (TPSA) is 64.7 Å². The third-order valence-corrected chi connectivity index (χ3v) is 8.29. The lowest BCUT2D eigenvalue weighted by Crippen LogP contribution is -2.80. The van der Waals surface area contributed by atoms with Gasteiger partial charge in [0.2, 0.25) is 0 Å². The standard InChI is InChI=1S/C16H26Cl2N4O2S2.2ClH/c1-21-13(23)16(26,12-6-4-10(18)8-20-12)22(2)14(24)15(21,25)11-5-3-9(17)7-19-11;;/h9-12,19-20,25-26H,3-8H2,1-2H3;2*1H. The molecule has 0 spiro atoms. The average molecular weight is 514 g/mol. The van der Waals surface area contributed by atoms with Gasteiger partial charge in [-0.3, -0.25) is 9.59 Å². The van der Waals surface area contributed by atoms with Crippen molar-refractivity contribution in [3.63, 3.8) is 0 Å². The summed E-state index contributed by atoms with van der Waals surface area (Å²) >= 11 is 21.8. The number of piperazine rings is 1. The summed E-state index contributed by atoms with van der Waals surface area (Å²) in [5.74, 6) is -0.475. The molecular weight excluding hydrogens is 486 g/mol. The van der Waals surface area contributed by atoms with E-state index in [2.05, 4.69) is 10.6 Å². The summed E-state index contributed by atoms with van der Waals surface area (Å²) in [4.78, 5) is 27.1. The molecule has 6 nitrogen and oxygen atoms in total. The predicted octanol–water partition coefficient (Wildman–Crippen LogP) is 1.73. The summed E-state index contributed by atoms with van der Waals surface area (Å²) < 4.78 is 0. The van der Waals surface area contributed by atoms with E-state index in [0.717, 1.165) is 12.8 Å². The lowest BCUT2D eigenvalue weighted by molar-refractivity contribution is -0.166. The minimum Gasteiger partial charge on any atom is -0.319 e. The van der Waals surface area contributed by atoms with Crippen molar-refractivity contribution in [2.45, 2.75) is 58.3 Å². The average Bonchev–Trinajstić information content (AvgIpc) is 2.64. The van der Waals surface area contributed by atoms with E-state index >= 15 is 0 Å². The van der Waals surface area contributed by atoms with Crippen LogP contribution in [0.2, 0.25) is 0 Å². The van der Waals surface area contributed by atoms with Gasteiger partial charge in [0, 0.05) is 50.0 Å². The summed E-state index contributed by atoms with van der Waals surface area (Å²) in [5.41, 5.74) is 0. The number of nitrogens with zero attached hydrogens (tertiary/aromatic N) is 2. The highest BCUT2D eigenvalue weighted by atomic mass is 35.5. The number of piperidine rings is 2. The van der Waals surface area contributed by atoms with Crippen LogP contribution in [0.15, 0.2) is 0 Å². The number of hydrogen-bond acceptors (Lipinski definition) is 6. The molecule has 0 aromatic heterocycles. The highest BCUT2D eigenvalue weighted by Gasteiger charge is 2.63. The molecule has 3 aliphatic heterocycles. The zero-order chi connectivity index (χ0) is 19.3. The van der Waals surface area contributed by atoms with Crippen LogP contribution in [0.5, 0.6) is 0 Å². The highest BCUT2D eigenvalue weighted by molar-refractivity contribution is 7.83. The second kappa shape index (κ2) is 9.90. The van der Waals surface area contributed by atoms with Crippen molar-refractivity contribution in [2.75, 3.05) is 27.2 Å². The number of carbonyl (C=O) groups is 2. The number of likely N-dealkylation sites (N-methyl/N-ethyl adjacent to an activating group) is 2. The van der Waals surface area contributed by atoms with Crippen LogP contribution < -0.4 is 10.6 Å². The summed E-state index contributed by atoms with van der Waals surface area (Å²) in [6, 6.07) is -0.539. The van der Waals surface area contributed by atoms with Crippen molar-refractivity contribution < 1.29 is 9.59 Å². The lowest BCUT2D eigenvalue weighted by atomic mass is 9.87. The van der Waals surface area contributed by atoms with Crippen LogP contribution in [0, 0.1) is 0 Å². The van der Waals surface area contributed by atoms with Gasteiger partial charge in [-0.25, -0.2) is 0 Å². The van der Waals surface area contributed by atoms with Crippen LogP contribution in [0.25, 0.3) is 0 Å². The van der Waals surface area contributed by atoms with Gasteiger partial charge in [0.15, 0.2) is 9.74 Å². The molecule has 3 heterocycles. The van der Waals surface area contributed by atoms with E-state index in [1.54, 1.807) is 14.1 Å². The molecule has 0 saturated carbocycles. The molecule has 0 aliphatic carbocycles. The first-order valence-electron chi connectivity index (χ1n) is 8.89. The Bertz CT molecular complexity index is 541. The third-order valence-electron chi connectivity index (χ3n) is 5.94. The molecule has 2 amide bonds. The Kier molecular flexibility index (Phi) is 9.46. The van der Waals surface area contributed by atoms with Gasteiger partial charge in [-0.05, 0) is 25.7 Å². The summed E-state index contributed by atoms with van der Waals surface area (Å²) in [6.45, 7) is 1.17. The number of amides is 2. The summed E-state index contributed by atoms with van der Waals surface area (Å²) in [6.07, 6.45) is 2.88. The number of halogens is 4. The van der Waals surface area contributed by atoms with Crippen molar-refractivity contribution in [1.29, 1.82) is 0 Å². The molecule has 6 unspecified atom stereocenters. The molecule has 28 heavy (non-hydrogen) atoms. The van der Waals surface area contributed by atoms with Crippen LogP contribution in [0.3, 0.4) is 0 Å². The van der Waals surface area contributed by atoms with Crippen molar-refractivity contribution in [3.05, 3.63) is 0 Å². The molecule has 3 aliphatic rings. The fourth-order valence-electron chi connectivity index (χ4n) is 4.19. The van der Waals surface area contributed by atoms with Gasteiger partial charge in [0.25, 0.3) is 11.8 Å². The van der Waals surface area contributed by atoms with Crippen LogP contribution in [-0.2, 0) is 9.59 Å². The number of rotatable bonds is 2. The minimum absolute atomic E-state index is 0. The quantitative estimate of drug-likeness (QED) is 0.335. The van der Waals surface area contributed by atoms with E-state index < -0.39 is 9.74 Å². The zero-order valence-corrected chi connectivity index (χ0v) is 20.7. The van der Waals surface area contributed by atoms with Gasteiger partial charge in [-0.2, -0.15) is 0 Å². The number of thiol groups is 2. The molecular formula is C16H28Cl4N4O2S2. The first-order valence-corrected chi connectivity index (χ1v) is 10.7. The van der Waals surface area contributed by atoms with E-state index in [9.17, 15) is 9.59 Å². The van der Waals surface area contributed by atoms with E-state index in [1.807, 2.05) is 0 Å². The van der Waals surface area contributed by atoms with Gasteiger partial charge in [-0.15, -0.1) is 73.3 Å². The van der Waals surface area contributed by atoms with Crippen molar-refractivity contribution in [3.8, 4) is 0 Å². The number of nitrogens with one attached hydrogen (secondary N) is 2. The van der Waals surface area contributed by atoms with Gasteiger partial charge in [-0.1, -0.05) is 0 Å². The van der Waals surface area contributed by atoms with Gasteiger partial charge < -0.3 is 20.4 Å². The second-order valence-electron chi connectivity index (χ2n) is 7.45. The highest BCUT2D eigenvalue weighted by Crippen LogP contribution is 2.43. The van der Waals surface area contributed by atoms with Crippen molar-refractivity contribution in [1.82, 2.24) is 20.4 Å². The molecule has 0 bridgehead atoms. The fraction of sp³-hybridized carbons (Fsp3) is 0.875. The van der Waals surface area contributed by atoms with Crippen LogP contribution >= 0.6 is 73.3 Å². The number of carbonyl (C=O) groups excluding carboxylic acids is 2. The molecule has 2 N–H and O–H groups in total. The zero-order valence-electron chi connectivity index (χ0n) is 15.7. The van der Waals surface area contributed by atoms with E-state index in [0.29, 0.717) is 25.9 Å². The Morgan fingerprint density at radius 3 is 1.39 bits per heavy atom. The Balaban J connectivity index is 0.00000196. The van der Waals surface area contributed by atoms with Crippen molar-refractivity contribution >= 4 is 85.1 Å². The second-order valence-corrected chi connectivity index (χ2v) is 10.0. The molecule has 3 rings (SSSR count). The summed E-state index contributed by atoms with van der Waals surface area (Å²) in [5, 5.41) is 6.63. The Morgan fingerprint density at radius 1 is 0.821 bits per heavy atom. The minimum atomic E-state index is -1.27. The predicted molar refractivity (Wildman–Crippen MR) is 125 cm³/mol. The maximum Gasteiger partial charge on any atom is 0.261 e. The van der Waals surface area contributed by atoms with Crippen LogP contribution in [0.4, 0.5) is 0 Å². The molecule has 12 heteroatoms. The normalized spacial score (nSPS) is 41.9. The van der Waals surface area contributed by atoms with Crippen molar-refractivity contribution in [2.24, 2.45) is 0 Å². The smallest absolute Gasteiger partial charge is 0.261 e. The van der Waals surface area contributed by atoms with Crippen LogP contribution in [0.1, 0.15) is 25.7 Å². The molecule has 0 aromatic rings. The summed E-state index contributed by atoms with van der Waals surface area (Å²) in [7, 11) is 3.26. The fourth-order valence-corrected chi connectivity index (χ4v) is 5.54. The van der Waals surface area contributed by atoms with Gasteiger partial charge in [0.05, 0.1) is 0 Å². The third kappa shape index (κ3) is 4.22. The Hall–Kier alpha value is 0.720. The first-order chi connectivity index (χ1) is 12.1. The van der Waals surface area contributed by atoms with E-state index in [1.165, 1.54) is 9.80 Å². The monoisotopic (exact) mass is 512 g/mol. The largest absolute Gasteiger partial charge is 0.319 e. The first kappa shape index (κ1) is 26.8. The Labute approximate surface area is 199 Å². The van der Waals surface area contributed by atoms with Crippen LogP contribution in [-0.4, -0.2) is 81.4 Å². The number of alkyl halides is 2. The molecule has 6 atom stereocenters. The van der Waals surface area contributed by atoms with Gasteiger partial charge in [0.1, 0.15) is 0 Å². The molecule has 0 radical (unpaired) electrons. The molecule has 3 saturated heterocycles. The van der Waals surface area contributed by atoms with Gasteiger partial charge >= 0.3 is 0 Å². The molecule has 0 aromatic carbocycles. The van der Waals surface area contributed by atoms with E-state index in [-0.39, 0.29) is 59.5 Å². The lowest BCUT2D eigenvalue weighted by Gasteiger charge is -2.57. The maximum atomic E-state index is 13.4.